The maximum Gasteiger partial charge on any atom is 1.00 e. The molecule has 0 aliphatic carbocycles. The summed E-state index contributed by atoms with van der Waals surface area (Å²) in [6.07, 6.45) is -1.26. The second-order valence-corrected chi connectivity index (χ2v) is 5.21. The van der Waals surface area contributed by atoms with E-state index in [2.05, 4.69) is 9.47 Å². The topological polar surface area (TPSA) is 110 Å². The molecular weight excluding hydrogens is 325 g/mol. The van der Waals surface area contributed by atoms with Gasteiger partial charge in [-0.3, -0.25) is 18.4 Å². The summed E-state index contributed by atoms with van der Waals surface area (Å²) in [4.78, 5) is 22.5. The minimum absolute atomic E-state index is 0. The van der Waals surface area contributed by atoms with Crippen molar-refractivity contribution in [2.24, 2.45) is 0 Å². The fourth-order valence-corrected chi connectivity index (χ4v) is 1.72. The van der Waals surface area contributed by atoms with Gasteiger partial charge < -0.3 is 14.0 Å². The normalized spacial score (nSPS) is 12.1. The number of esters is 2. The second kappa shape index (κ2) is 12.3. The predicted octanol–water partition coefficient (Wildman–Crippen LogP) is -2.90. The number of carbonyl (C=O) groups excluding carboxylic acids is 2. The molecule has 0 aliphatic rings. The third-order valence-electron chi connectivity index (χ3n) is 2.03. The van der Waals surface area contributed by atoms with Crippen molar-refractivity contribution in [3.8, 4) is 0 Å². The summed E-state index contributed by atoms with van der Waals surface area (Å²) in [6.45, 7) is -2.22. The van der Waals surface area contributed by atoms with Crippen LogP contribution in [0.1, 0.15) is 19.3 Å². The van der Waals surface area contributed by atoms with E-state index in [0.29, 0.717) is 0 Å². The SMILES string of the molecule is O=C(CC(C(=O)OCCCF)S(=O)(=O)[O-])OCCCF.[Na+]. The fraction of sp³-hybridized carbons (Fsp3) is 0.800. The molecule has 11 heteroatoms. The molecule has 0 fully saturated rings. The van der Waals surface area contributed by atoms with E-state index in [1.54, 1.807) is 0 Å². The Morgan fingerprint density at radius 3 is 1.95 bits per heavy atom. The summed E-state index contributed by atoms with van der Waals surface area (Å²) < 4.78 is 65.0. The van der Waals surface area contributed by atoms with Gasteiger partial charge in [-0.1, -0.05) is 0 Å². The van der Waals surface area contributed by atoms with Crippen LogP contribution in [0.3, 0.4) is 0 Å². The van der Waals surface area contributed by atoms with Crippen molar-refractivity contribution in [1.29, 1.82) is 0 Å². The third-order valence-corrected chi connectivity index (χ3v) is 3.08. The van der Waals surface area contributed by atoms with Gasteiger partial charge in [0, 0.05) is 12.8 Å². The van der Waals surface area contributed by atoms with Crippen LogP contribution in [0.25, 0.3) is 0 Å². The van der Waals surface area contributed by atoms with E-state index in [1.807, 2.05) is 0 Å². The molecule has 0 aliphatic heterocycles. The maximum absolute atomic E-state index is 11.8. The number of hydrogen-bond donors (Lipinski definition) is 0. The Morgan fingerprint density at radius 1 is 1.05 bits per heavy atom. The monoisotopic (exact) mass is 340 g/mol. The smallest absolute Gasteiger partial charge is 0.747 e. The van der Waals surface area contributed by atoms with Crippen molar-refractivity contribution in [2.75, 3.05) is 26.6 Å². The van der Waals surface area contributed by atoms with E-state index in [0.717, 1.165) is 0 Å². The van der Waals surface area contributed by atoms with Gasteiger partial charge in [0.05, 0.1) is 33.0 Å². The Kier molecular flexibility index (Phi) is 13.4. The fourth-order valence-electron chi connectivity index (χ4n) is 1.07. The molecule has 7 nitrogen and oxygen atoms in total. The third kappa shape index (κ3) is 11.0. The quantitative estimate of drug-likeness (QED) is 0.182. The van der Waals surface area contributed by atoms with Crippen LogP contribution in [0.4, 0.5) is 8.78 Å². The summed E-state index contributed by atoms with van der Waals surface area (Å²) >= 11 is 0. The van der Waals surface area contributed by atoms with Crippen molar-refractivity contribution in [1.82, 2.24) is 0 Å². The molecule has 0 aromatic heterocycles. The van der Waals surface area contributed by atoms with Gasteiger partial charge in [-0.05, 0) is 0 Å². The number of carbonyl (C=O) groups is 2. The predicted molar refractivity (Wildman–Crippen MR) is 61.2 cm³/mol. The molecule has 0 radical (unpaired) electrons. The largest absolute Gasteiger partial charge is 1.00 e. The van der Waals surface area contributed by atoms with Crippen molar-refractivity contribution in [2.45, 2.75) is 24.5 Å². The minimum Gasteiger partial charge on any atom is -0.747 e. The average molecular weight is 340 g/mol. The summed E-state index contributed by atoms with van der Waals surface area (Å²) in [6, 6.07) is 0. The van der Waals surface area contributed by atoms with E-state index in [-0.39, 0.29) is 49.0 Å². The molecule has 0 amide bonds. The standard InChI is InChI=1S/C10H16F2O7S.Na/c11-3-1-5-18-9(13)7-8(20(15,16)17)10(14)19-6-2-4-12;/h8H,1-7H2,(H,15,16,17);/q;+1/p-1. The number of hydrogen-bond acceptors (Lipinski definition) is 7. The summed E-state index contributed by atoms with van der Waals surface area (Å²) in [5, 5.41) is -2.25. The Morgan fingerprint density at radius 2 is 1.52 bits per heavy atom. The molecule has 0 heterocycles. The molecule has 118 valence electrons. The molecule has 0 rings (SSSR count). The molecule has 0 spiro atoms. The molecule has 21 heavy (non-hydrogen) atoms. The first-order chi connectivity index (χ1) is 9.32. The van der Waals surface area contributed by atoms with Crippen LogP contribution >= 0.6 is 0 Å². The number of halogens is 2. The molecule has 1 unspecified atom stereocenters. The zero-order chi connectivity index (χ0) is 15.6. The molecular formula is C10H15F2NaO7S. The Hall–Kier alpha value is -0.290. The van der Waals surface area contributed by atoms with Gasteiger partial charge in [0.25, 0.3) is 0 Å². The van der Waals surface area contributed by atoms with Gasteiger partial charge in [0.15, 0.2) is 5.25 Å². The van der Waals surface area contributed by atoms with Crippen LogP contribution in [0.15, 0.2) is 0 Å². The first-order valence-electron chi connectivity index (χ1n) is 5.71. The van der Waals surface area contributed by atoms with Crippen LogP contribution in [0.5, 0.6) is 0 Å². The van der Waals surface area contributed by atoms with Crippen molar-refractivity contribution in [3.63, 3.8) is 0 Å². The van der Waals surface area contributed by atoms with Crippen LogP contribution in [-0.2, 0) is 29.2 Å². The number of ether oxygens (including phenoxy) is 2. The van der Waals surface area contributed by atoms with Gasteiger partial charge in [-0.25, -0.2) is 8.42 Å². The van der Waals surface area contributed by atoms with Crippen molar-refractivity contribution < 1.29 is 70.4 Å². The molecule has 0 saturated carbocycles. The number of rotatable bonds is 10. The van der Waals surface area contributed by atoms with E-state index in [9.17, 15) is 31.3 Å². The van der Waals surface area contributed by atoms with Crippen molar-refractivity contribution >= 4 is 22.1 Å². The Balaban J connectivity index is 0. The summed E-state index contributed by atoms with van der Waals surface area (Å²) in [5.74, 6) is -2.57. The van der Waals surface area contributed by atoms with Gasteiger partial charge >= 0.3 is 41.5 Å². The van der Waals surface area contributed by atoms with Gasteiger partial charge in [-0.15, -0.1) is 0 Å². The molecule has 0 aromatic rings. The van der Waals surface area contributed by atoms with Gasteiger partial charge in [-0.2, -0.15) is 0 Å². The zero-order valence-electron chi connectivity index (χ0n) is 11.5. The first kappa shape index (κ1) is 23.0. The Labute approximate surface area is 143 Å². The molecule has 0 aromatic carbocycles. The molecule has 0 saturated heterocycles. The van der Waals surface area contributed by atoms with E-state index >= 15 is 0 Å². The van der Waals surface area contributed by atoms with Crippen LogP contribution in [0.2, 0.25) is 0 Å². The maximum atomic E-state index is 11.8. The molecule has 1 atom stereocenters. The van der Waals surface area contributed by atoms with E-state index in [1.165, 1.54) is 0 Å². The zero-order valence-corrected chi connectivity index (χ0v) is 14.4. The Bertz CT molecular complexity index is 416. The molecule has 0 N–H and O–H groups in total. The van der Waals surface area contributed by atoms with Gasteiger partial charge in [0.1, 0.15) is 10.1 Å². The summed E-state index contributed by atoms with van der Waals surface area (Å²) in [7, 11) is -5.12. The van der Waals surface area contributed by atoms with E-state index in [4.69, 9.17) is 0 Å². The molecule has 0 bridgehead atoms. The van der Waals surface area contributed by atoms with Crippen molar-refractivity contribution in [3.05, 3.63) is 0 Å². The van der Waals surface area contributed by atoms with E-state index < -0.39 is 53.7 Å². The average Bonchev–Trinajstić information content (AvgIpc) is 2.35. The van der Waals surface area contributed by atoms with Gasteiger partial charge in [0.2, 0.25) is 0 Å². The number of alkyl halides is 2. The van der Waals surface area contributed by atoms with Crippen LogP contribution in [-0.4, -0.2) is 56.7 Å². The minimum atomic E-state index is -5.12. The second-order valence-electron chi connectivity index (χ2n) is 3.66. The first-order valence-corrected chi connectivity index (χ1v) is 7.19. The van der Waals surface area contributed by atoms with Crippen LogP contribution < -0.4 is 29.6 Å². The summed E-state index contributed by atoms with van der Waals surface area (Å²) in [5.41, 5.74) is 0. The van der Waals surface area contributed by atoms with Crippen LogP contribution in [0, 0.1) is 0 Å².